The van der Waals surface area contributed by atoms with Gasteiger partial charge in [-0.3, -0.25) is 4.79 Å². The van der Waals surface area contributed by atoms with E-state index in [1.54, 1.807) is 6.92 Å². The second-order valence-corrected chi connectivity index (χ2v) is 3.42. The minimum absolute atomic E-state index is 0.0288. The summed E-state index contributed by atoms with van der Waals surface area (Å²) in [4.78, 5) is 10.4. The molecule has 0 saturated carbocycles. The van der Waals surface area contributed by atoms with Gasteiger partial charge in [-0.25, -0.2) is 0 Å². The summed E-state index contributed by atoms with van der Waals surface area (Å²) < 4.78 is 5.54. The maximum Gasteiger partial charge on any atom is 0.148 e. The third-order valence-corrected chi connectivity index (χ3v) is 2.15. The molecule has 0 unspecified atom stereocenters. The van der Waals surface area contributed by atoms with Crippen molar-refractivity contribution in [2.75, 3.05) is 0 Å². The Morgan fingerprint density at radius 2 is 2.07 bits per heavy atom. The van der Waals surface area contributed by atoms with Crippen LogP contribution in [0.15, 0.2) is 42.2 Å². The molecule has 0 aromatic heterocycles. The molecule has 0 fully saturated rings. The molecule has 0 amide bonds. The number of hydrogen-bond acceptors (Lipinski definition) is 2. The minimum atomic E-state index is 0.0288. The maximum atomic E-state index is 10.4. The van der Waals surface area contributed by atoms with E-state index in [0.29, 0.717) is 5.57 Å². The molecule has 0 bridgehead atoms. The predicted molar refractivity (Wildman–Crippen MR) is 60.4 cm³/mol. The van der Waals surface area contributed by atoms with Crippen LogP contribution in [0.1, 0.15) is 31.9 Å². The molecule has 80 valence electrons. The highest BCUT2D eigenvalue weighted by molar-refractivity contribution is 5.71. The number of hydrogen-bond donors (Lipinski definition) is 0. The molecule has 1 aromatic rings. The van der Waals surface area contributed by atoms with Gasteiger partial charge >= 0.3 is 0 Å². The molecule has 0 aliphatic carbocycles. The number of aldehydes is 1. The van der Waals surface area contributed by atoms with E-state index in [0.717, 1.165) is 18.3 Å². The van der Waals surface area contributed by atoms with Crippen molar-refractivity contribution >= 4 is 6.29 Å². The third-order valence-electron chi connectivity index (χ3n) is 2.15. The molecular formula is C13H16O2. The van der Waals surface area contributed by atoms with Gasteiger partial charge in [0.2, 0.25) is 0 Å². The lowest BCUT2D eigenvalue weighted by Crippen LogP contribution is -1.99. The van der Waals surface area contributed by atoms with Crippen LogP contribution in [-0.4, -0.2) is 6.29 Å². The zero-order valence-electron chi connectivity index (χ0n) is 9.14. The van der Waals surface area contributed by atoms with Gasteiger partial charge in [-0.2, -0.15) is 0 Å². The Kier molecular flexibility index (Phi) is 4.61. The molecule has 0 aliphatic heterocycles. The lowest BCUT2D eigenvalue weighted by atomic mass is 10.1. The number of allylic oxidation sites excluding steroid dienone is 1. The molecule has 0 aliphatic rings. The van der Waals surface area contributed by atoms with Gasteiger partial charge in [0.05, 0.1) is 6.26 Å². The zero-order valence-corrected chi connectivity index (χ0v) is 9.14. The standard InChI is InChI=1S/C13H16O2/c1-3-13(15-10-11(2)9-14)12-7-5-4-6-8-12/h4-10,13H,3H2,1-2H3/b11-10+/t13-/m1/s1. The molecule has 2 nitrogen and oxygen atoms in total. The second kappa shape index (κ2) is 6.02. The van der Waals surface area contributed by atoms with Crippen molar-refractivity contribution in [3.63, 3.8) is 0 Å². The van der Waals surface area contributed by atoms with E-state index in [-0.39, 0.29) is 6.10 Å². The van der Waals surface area contributed by atoms with Gasteiger partial charge < -0.3 is 4.74 Å². The fraction of sp³-hybridized carbons (Fsp3) is 0.308. The number of carbonyl (C=O) groups excluding carboxylic acids is 1. The number of benzene rings is 1. The molecule has 1 rings (SSSR count). The van der Waals surface area contributed by atoms with E-state index in [2.05, 4.69) is 6.92 Å². The van der Waals surface area contributed by atoms with Crippen LogP contribution in [0.25, 0.3) is 0 Å². The topological polar surface area (TPSA) is 26.3 Å². The van der Waals surface area contributed by atoms with Crippen molar-refractivity contribution in [2.24, 2.45) is 0 Å². The van der Waals surface area contributed by atoms with Crippen molar-refractivity contribution in [2.45, 2.75) is 26.4 Å². The van der Waals surface area contributed by atoms with Crippen LogP contribution in [0.2, 0.25) is 0 Å². The highest BCUT2D eigenvalue weighted by Crippen LogP contribution is 2.20. The fourth-order valence-corrected chi connectivity index (χ4v) is 1.30. The minimum Gasteiger partial charge on any atom is -0.493 e. The Morgan fingerprint density at radius 1 is 1.40 bits per heavy atom. The van der Waals surface area contributed by atoms with E-state index in [4.69, 9.17) is 4.74 Å². The van der Waals surface area contributed by atoms with Gasteiger partial charge in [0, 0.05) is 5.57 Å². The molecule has 1 atom stereocenters. The van der Waals surface area contributed by atoms with Crippen molar-refractivity contribution in [1.82, 2.24) is 0 Å². The van der Waals surface area contributed by atoms with Crippen LogP contribution in [0.5, 0.6) is 0 Å². The molecule has 0 spiro atoms. The van der Waals surface area contributed by atoms with Crippen LogP contribution in [0.3, 0.4) is 0 Å². The lowest BCUT2D eigenvalue weighted by Gasteiger charge is -2.15. The van der Waals surface area contributed by atoms with E-state index >= 15 is 0 Å². The molecule has 0 heterocycles. The monoisotopic (exact) mass is 204 g/mol. The largest absolute Gasteiger partial charge is 0.493 e. The molecule has 2 heteroatoms. The molecule has 0 radical (unpaired) electrons. The highest BCUT2D eigenvalue weighted by atomic mass is 16.5. The molecule has 15 heavy (non-hydrogen) atoms. The van der Waals surface area contributed by atoms with Crippen molar-refractivity contribution in [3.05, 3.63) is 47.7 Å². The average molecular weight is 204 g/mol. The Hall–Kier alpha value is -1.57. The summed E-state index contributed by atoms with van der Waals surface area (Å²) in [5.41, 5.74) is 1.74. The smallest absolute Gasteiger partial charge is 0.148 e. The second-order valence-electron chi connectivity index (χ2n) is 3.42. The fourth-order valence-electron chi connectivity index (χ4n) is 1.30. The van der Waals surface area contributed by atoms with Gasteiger partial charge in [0.15, 0.2) is 0 Å². The van der Waals surface area contributed by atoms with E-state index < -0.39 is 0 Å². The Bertz CT molecular complexity index is 328. The van der Waals surface area contributed by atoms with Crippen molar-refractivity contribution < 1.29 is 9.53 Å². The van der Waals surface area contributed by atoms with Crippen molar-refractivity contribution in [1.29, 1.82) is 0 Å². The Labute approximate surface area is 90.6 Å². The summed E-state index contributed by atoms with van der Waals surface area (Å²) in [6.07, 6.45) is 3.22. The summed E-state index contributed by atoms with van der Waals surface area (Å²) in [7, 11) is 0. The molecule has 0 saturated heterocycles. The summed E-state index contributed by atoms with van der Waals surface area (Å²) >= 11 is 0. The lowest BCUT2D eigenvalue weighted by molar-refractivity contribution is -0.105. The first-order valence-electron chi connectivity index (χ1n) is 5.10. The van der Waals surface area contributed by atoms with E-state index in [1.807, 2.05) is 30.3 Å². The SMILES string of the molecule is CC[C@@H](O/C=C(\C)C=O)c1ccccc1. The van der Waals surface area contributed by atoms with Crippen LogP contribution in [-0.2, 0) is 9.53 Å². The van der Waals surface area contributed by atoms with Crippen molar-refractivity contribution in [3.8, 4) is 0 Å². The quantitative estimate of drug-likeness (QED) is 0.418. The molecule has 0 N–H and O–H groups in total. The van der Waals surface area contributed by atoms with Crippen LogP contribution < -0.4 is 0 Å². The first kappa shape index (κ1) is 11.5. The van der Waals surface area contributed by atoms with Gasteiger partial charge in [0.1, 0.15) is 12.4 Å². The normalized spacial score (nSPS) is 13.3. The zero-order chi connectivity index (χ0) is 11.1. The Balaban J connectivity index is 2.69. The van der Waals surface area contributed by atoms with E-state index in [9.17, 15) is 4.79 Å². The number of ether oxygens (including phenoxy) is 1. The maximum absolute atomic E-state index is 10.4. The van der Waals surface area contributed by atoms with Gasteiger partial charge in [-0.1, -0.05) is 37.3 Å². The van der Waals surface area contributed by atoms with Gasteiger partial charge in [0.25, 0.3) is 0 Å². The summed E-state index contributed by atoms with van der Waals surface area (Å²) in [6.45, 7) is 3.78. The molecular weight excluding hydrogens is 188 g/mol. The summed E-state index contributed by atoms with van der Waals surface area (Å²) in [5.74, 6) is 0. The van der Waals surface area contributed by atoms with E-state index in [1.165, 1.54) is 6.26 Å². The van der Waals surface area contributed by atoms with Crippen LogP contribution in [0, 0.1) is 0 Å². The third kappa shape index (κ3) is 3.58. The van der Waals surface area contributed by atoms with Crippen LogP contribution in [0.4, 0.5) is 0 Å². The van der Waals surface area contributed by atoms with Crippen LogP contribution >= 0.6 is 0 Å². The van der Waals surface area contributed by atoms with Gasteiger partial charge in [-0.15, -0.1) is 0 Å². The number of rotatable bonds is 5. The highest BCUT2D eigenvalue weighted by Gasteiger charge is 2.07. The first-order valence-corrected chi connectivity index (χ1v) is 5.10. The molecule has 1 aromatic carbocycles. The first-order chi connectivity index (χ1) is 7.27. The van der Waals surface area contributed by atoms with Gasteiger partial charge in [-0.05, 0) is 18.9 Å². The summed E-state index contributed by atoms with van der Waals surface area (Å²) in [6, 6.07) is 9.99. The summed E-state index contributed by atoms with van der Waals surface area (Å²) in [5, 5.41) is 0. The Morgan fingerprint density at radius 3 is 2.60 bits per heavy atom. The predicted octanol–water partition coefficient (Wildman–Crippen LogP) is 3.26. The average Bonchev–Trinajstić information content (AvgIpc) is 2.31. The number of carbonyl (C=O) groups is 1.